The number of hydrogen-bond donors (Lipinski definition) is 0. The minimum Gasteiger partial charge on any atom is -0.370 e. The second-order valence-corrected chi connectivity index (χ2v) is 11.4. The first-order valence-electron chi connectivity index (χ1n) is 15.5. The number of ether oxygens (including phenoxy) is 4. The first kappa shape index (κ1) is 35.1. The van der Waals surface area contributed by atoms with Gasteiger partial charge in [0.25, 0.3) is 0 Å². The van der Waals surface area contributed by atoms with E-state index in [9.17, 15) is 17.6 Å². The minimum absolute atomic E-state index is 0. The van der Waals surface area contributed by atoms with Gasteiger partial charge in [0, 0.05) is 68.3 Å². The molecule has 10 rings (SSSR count). The van der Waals surface area contributed by atoms with Crippen LogP contribution in [0.5, 0.6) is 0 Å². The van der Waals surface area contributed by atoms with Gasteiger partial charge in [0.2, 0.25) is 0 Å². The summed E-state index contributed by atoms with van der Waals surface area (Å²) in [4.78, 5) is 0. The van der Waals surface area contributed by atoms with Gasteiger partial charge in [0.05, 0.1) is 52.9 Å². The first-order valence-corrected chi connectivity index (χ1v) is 15.5. The number of benzene rings is 2. The van der Waals surface area contributed by atoms with E-state index in [2.05, 4.69) is 36.4 Å². The van der Waals surface area contributed by atoms with E-state index in [1.54, 1.807) is 9.13 Å². The van der Waals surface area contributed by atoms with Crippen molar-refractivity contribution in [2.24, 2.45) is 0 Å². The number of rotatable bonds is 2. The van der Waals surface area contributed by atoms with Crippen molar-refractivity contribution in [2.45, 2.75) is 65.7 Å². The Morgan fingerprint density at radius 2 is 0.837 bits per heavy atom. The summed E-state index contributed by atoms with van der Waals surface area (Å²) in [6.45, 7) is 3.89. The molecule has 49 heavy (non-hydrogen) atoms. The molecule has 0 amide bonds. The molecule has 2 aliphatic carbocycles. The Labute approximate surface area is 296 Å². The zero-order valence-electron chi connectivity index (χ0n) is 26.4. The molecule has 0 fully saturated rings. The van der Waals surface area contributed by atoms with Crippen molar-refractivity contribution in [3.63, 3.8) is 0 Å². The van der Waals surface area contributed by atoms with Gasteiger partial charge >= 0.3 is 21.7 Å². The van der Waals surface area contributed by atoms with E-state index in [4.69, 9.17) is 18.9 Å². The molecule has 0 N–H and O–H groups in total. The average molecular weight is 703 g/mol. The van der Waals surface area contributed by atoms with Crippen LogP contribution >= 0.6 is 0 Å². The Morgan fingerprint density at radius 3 is 1.08 bits per heavy atom. The van der Waals surface area contributed by atoms with Gasteiger partial charge in [-0.2, -0.15) is 12.2 Å². The average Bonchev–Trinajstić information content (AvgIpc) is 3.92. The van der Waals surface area contributed by atoms with Gasteiger partial charge in [0.1, 0.15) is 0 Å². The van der Waals surface area contributed by atoms with Gasteiger partial charge in [-0.1, -0.05) is 0 Å². The van der Waals surface area contributed by atoms with Crippen molar-refractivity contribution in [3.8, 4) is 11.4 Å². The van der Waals surface area contributed by atoms with Gasteiger partial charge < -0.3 is 28.1 Å². The van der Waals surface area contributed by atoms with Crippen molar-refractivity contribution < 1.29 is 58.2 Å². The zero-order chi connectivity index (χ0) is 33.0. The smallest absolute Gasteiger partial charge is 0.370 e. The first-order chi connectivity index (χ1) is 23.5. The summed E-state index contributed by atoms with van der Waals surface area (Å²) in [7, 11) is 0. The largest absolute Gasteiger partial charge is 4.00 e. The van der Waals surface area contributed by atoms with Crippen molar-refractivity contribution in [2.75, 3.05) is 0 Å². The summed E-state index contributed by atoms with van der Waals surface area (Å²) < 4.78 is 79.1. The van der Waals surface area contributed by atoms with Gasteiger partial charge in [-0.3, -0.25) is 12.2 Å². The second kappa shape index (κ2) is 15.8. The molecule has 0 bridgehead atoms. The Hall–Kier alpha value is -3.77. The molecule has 2 aromatic carbocycles. The quantitative estimate of drug-likeness (QED) is 0.121. The van der Waals surface area contributed by atoms with Crippen molar-refractivity contribution in [3.05, 3.63) is 153 Å². The molecule has 0 saturated heterocycles. The Bertz CT molecular complexity index is 1740. The van der Waals surface area contributed by atoms with E-state index in [0.717, 1.165) is 57.9 Å². The van der Waals surface area contributed by atoms with Gasteiger partial charge in [-0.25, -0.2) is 41.9 Å². The third-order valence-electron chi connectivity index (χ3n) is 8.48. The predicted molar refractivity (Wildman–Crippen MR) is 166 cm³/mol. The van der Waals surface area contributed by atoms with E-state index in [-0.39, 0.29) is 21.7 Å². The number of hydrogen-bond acceptors (Lipinski definition) is 4. The molecule has 0 saturated carbocycles. The Kier molecular flexibility index (Phi) is 11.3. The standard InChI is InChI=1S/2C14H10F2NO2.2C5H5.Ti/c2*15-8-1-2-12(11(16)3-8)17-13-6-18-4-9(13)10-5-19-7-14(10)17;2*1-2-4-5-3-1;/h2*1-2H,4-7H2;2*1-3H,4H2;/q4*-1;+4. The van der Waals surface area contributed by atoms with Crippen LogP contribution in [0.15, 0.2) is 60.7 Å². The van der Waals surface area contributed by atoms with Crippen LogP contribution < -0.4 is 0 Å². The molecule has 11 heteroatoms. The van der Waals surface area contributed by atoms with Crippen LogP contribution in [0.25, 0.3) is 11.4 Å². The molecular formula is C38H30F4N2O4Ti. The van der Waals surface area contributed by atoms with Crippen LogP contribution in [0.3, 0.4) is 0 Å². The maximum absolute atomic E-state index is 14.0. The molecule has 2 aromatic heterocycles. The Balaban J connectivity index is 0.000000131. The number of allylic oxidation sites excluding steroid dienone is 8. The fraction of sp³-hybridized carbons (Fsp3) is 0.263. The SMILES string of the molecule is Fc1[c-]c(F)c(-n2c3c(c4c2COC4)COC3)cc1.Fc1[c-]c(F)c(-n2c3c(c4c2COC4)COC3)cc1.[C-]1=CC=CC1.[C-]1=CC=CC1.[Ti+4]. The van der Waals surface area contributed by atoms with Crippen molar-refractivity contribution in [1.29, 1.82) is 0 Å². The molecule has 0 radical (unpaired) electrons. The summed E-state index contributed by atoms with van der Waals surface area (Å²) in [6, 6.07) is 9.43. The van der Waals surface area contributed by atoms with E-state index in [0.29, 0.717) is 64.2 Å². The maximum Gasteiger partial charge on any atom is 4.00 e. The molecule has 6 aliphatic rings. The van der Waals surface area contributed by atoms with Crippen LogP contribution in [0.4, 0.5) is 17.6 Å². The number of aromatic nitrogens is 2. The van der Waals surface area contributed by atoms with Gasteiger partial charge in [-0.15, -0.1) is 49.2 Å². The molecular weight excluding hydrogens is 672 g/mol. The third-order valence-corrected chi connectivity index (χ3v) is 8.48. The topological polar surface area (TPSA) is 46.8 Å². The summed E-state index contributed by atoms with van der Waals surface area (Å²) in [5.74, 6) is -2.79. The van der Waals surface area contributed by atoms with Gasteiger partial charge in [-0.05, 0) is 11.4 Å². The molecule has 248 valence electrons. The molecule has 4 aliphatic heterocycles. The normalized spacial score (nSPS) is 16.6. The third kappa shape index (κ3) is 7.26. The number of nitrogens with zero attached hydrogens (tertiary/aromatic N) is 2. The van der Waals surface area contributed by atoms with Crippen molar-refractivity contribution >= 4 is 0 Å². The van der Waals surface area contributed by atoms with Gasteiger partial charge in [0.15, 0.2) is 0 Å². The zero-order valence-corrected chi connectivity index (χ0v) is 27.9. The van der Waals surface area contributed by atoms with E-state index >= 15 is 0 Å². The molecule has 0 unspecified atom stereocenters. The monoisotopic (exact) mass is 702 g/mol. The minimum atomic E-state index is -0.700. The molecule has 6 heterocycles. The van der Waals surface area contributed by atoms with Crippen LogP contribution in [0, 0.1) is 47.6 Å². The maximum atomic E-state index is 14.0. The molecule has 0 atom stereocenters. The van der Waals surface area contributed by atoms with Crippen LogP contribution in [0.2, 0.25) is 0 Å². The second-order valence-electron chi connectivity index (χ2n) is 11.4. The molecule has 0 spiro atoms. The summed E-state index contributed by atoms with van der Waals surface area (Å²) >= 11 is 0. The van der Waals surface area contributed by atoms with Crippen LogP contribution in [-0.4, -0.2) is 9.13 Å². The van der Waals surface area contributed by atoms with Crippen LogP contribution in [-0.2, 0) is 93.5 Å². The fourth-order valence-corrected chi connectivity index (χ4v) is 6.33. The van der Waals surface area contributed by atoms with Crippen molar-refractivity contribution in [1.82, 2.24) is 9.13 Å². The van der Waals surface area contributed by atoms with E-state index < -0.39 is 23.3 Å². The Morgan fingerprint density at radius 1 is 0.490 bits per heavy atom. The summed E-state index contributed by atoms with van der Waals surface area (Å²) in [5, 5.41) is 0. The predicted octanol–water partition coefficient (Wildman–Crippen LogP) is 7.84. The fourth-order valence-electron chi connectivity index (χ4n) is 6.33. The van der Waals surface area contributed by atoms with E-state index in [1.807, 2.05) is 24.3 Å². The molecule has 4 aromatic rings. The number of halogens is 4. The molecule has 6 nitrogen and oxygen atoms in total. The van der Waals surface area contributed by atoms with Crippen LogP contribution in [0.1, 0.15) is 57.9 Å². The summed E-state index contributed by atoms with van der Waals surface area (Å²) in [5.41, 5.74) is 8.67. The van der Waals surface area contributed by atoms with E-state index in [1.165, 1.54) is 24.3 Å². The summed E-state index contributed by atoms with van der Waals surface area (Å²) in [6.07, 6.45) is 20.0. The number of fused-ring (bicyclic) bond motifs is 6.